The molecule has 2 aliphatic rings. The van der Waals surface area contributed by atoms with E-state index in [1.54, 1.807) is 56.3 Å². The number of aliphatic hydroxyl groups is 1. The Hall–Kier alpha value is -3.72. The lowest BCUT2D eigenvalue weighted by molar-refractivity contribution is -0.136. The van der Waals surface area contributed by atoms with Crippen molar-refractivity contribution in [1.29, 1.82) is 0 Å². The first-order chi connectivity index (χ1) is 15.6. The number of hydrogen-bond donors (Lipinski definition) is 3. The third-order valence-electron chi connectivity index (χ3n) is 5.80. The van der Waals surface area contributed by atoms with Crippen molar-refractivity contribution in [2.45, 2.75) is 51.5 Å². The average molecular weight is 451 g/mol. The molecule has 0 aliphatic carbocycles. The fourth-order valence-electron chi connectivity index (χ4n) is 3.96. The van der Waals surface area contributed by atoms with Gasteiger partial charge in [0, 0.05) is 24.2 Å². The van der Waals surface area contributed by atoms with Crippen LogP contribution in [0.2, 0.25) is 0 Å². The molecule has 2 aromatic rings. The molecule has 2 aliphatic heterocycles. The second-order valence-electron chi connectivity index (χ2n) is 8.73. The number of benzene rings is 2. The van der Waals surface area contributed by atoms with Gasteiger partial charge in [-0.3, -0.25) is 25.0 Å². The Morgan fingerprint density at radius 3 is 2.58 bits per heavy atom. The van der Waals surface area contributed by atoms with E-state index in [9.17, 15) is 24.3 Å². The second kappa shape index (κ2) is 8.67. The number of anilines is 1. The van der Waals surface area contributed by atoms with Crippen LogP contribution in [-0.2, 0) is 33.1 Å². The van der Waals surface area contributed by atoms with Crippen LogP contribution in [0.5, 0.6) is 0 Å². The molecule has 0 radical (unpaired) electrons. The Labute approximate surface area is 190 Å². The molecular formula is C24H25N3O6. The van der Waals surface area contributed by atoms with Gasteiger partial charge in [0.15, 0.2) is 0 Å². The molecule has 2 heterocycles. The number of nitrogens with one attached hydrogen (secondary N) is 2. The highest BCUT2D eigenvalue weighted by Crippen LogP contribution is 2.28. The molecule has 0 bridgehead atoms. The minimum Gasteiger partial charge on any atom is -0.444 e. The highest BCUT2D eigenvalue weighted by Gasteiger charge is 2.39. The number of ether oxygens (including phenoxy) is 1. The normalized spacial score (nSPS) is 18.1. The molecule has 172 valence electrons. The number of hydrogen-bond acceptors (Lipinski definition) is 6. The molecule has 1 saturated heterocycles. The Bertz CT molecular complexity index is 1120. The summed E-state index contributed by atoms with van der Waals surface area (Å²) in [5.74, 6) is -1.06. The summed E-state index contributed by atoms with van der Waals surface area (Å²) < 4.78 is 5.27. The SMILES string of the molecule is CC(C)(O)c1ccc(NC(=O)OCc2ccc3c(c2)C(=O)N(C2CCC(=O)NC2=O)C3)cc1. The number of carbonyl (C=O) groups is 4. The van der Waals surface area contributed by atoms with Gasteiger partial charge in [0.1, 0.15) is 12.6 Å². The molecule has 9 heteroatoms. The Kier molecular flexibility index (Phi) is 5.90. The lowest BCUT2D eigenvalue weighted by atomic mass is 9.98. The van der Waals surface area contributed by atoms with Crippen LogP contribution in [0.15, 0.2) is 42.5 Å². The highest BCUT2D eigenvalue weighted by atomic mass is 16.5. The third kappa shape index (κ3) is 4.88. The smallest absolute Gasteiger partial charge is 0.411 e. The van der Waals surface area contributed by atoms with Gasteiger partial charge in [-0.1, -0.05) is 24.3 Å². The number of fused-ring (bicyclic) bond motifs is 1. The maximum Gasteiger partial charge on any atom is 0.411 e. The molecule has 33 heavy (non-hydrogen) atoms. The van der Waals surface area contributed by atoms with E-state index in [-0.39, 0.29) is 24.8 Å². The van der Waals surface area contributed by atoms with Gasteiger partial charge in [-0.05, 0) is 55.2 Å². The number of rotatable bonds is 5. The van der Waals surface area contributed by atoms with E-state index in [0.717, 1.165) is 11.1 Å². The minimum absolute atomic E-state index is 0.0352. The predicted octanol–water partition coefficient (Wildman–Crippen LogP) is 2.42. The third-order valence-corrected chi connectivity index (χ3v) is 5.80. The van der Waals surface area contributed by atoms with Crippen molar-refractivity contribution < 1.29 is 29.0 Å². The van der Waals surface area contributed by atoms with Crippen molar-refractivity contribution in [3.05, 3.63) is 64.7 Å². The Morgan fingerprint density at radius 2 is 1.91 bits per heavy atom. The van der Waals surface area contributed by atoms with Crippen LogP contribution in [0, 0.1) is 0 Å². The summed E-state index contributed by atoms with van der Waals surface area (Å²) in [7, 11) is 0. The summed E-state index contributed by atoms with van der Waals surface area (Å²) >= 11 is 0. The fraction of sp³-hybridized carbons (Fsp3) is 0.333. The number of amides is 4. The van der Waals surface area contributed by atoms with Crippen molar-refractivity contribution in [2.24, 2.45) is 0 Å². The monoisotopic (exact) mass is 451 g/mol. The molecule has 0 aromatic heterocycles. The number of carbonyl (C=O) groups excluding carboxylic acids is 4. The van der Waals surface area contributed by atoms with Crippen molar-refractivity contribution in [3.63, 3.8) is 0 Å². The second-order valence-corrected chi connectivity index (χ2v) is 8.73. The average Bonchev–Trinajstić information content (AvgIpc) is 3.08. The predicted molar refractivity (Wildman–Crippen MR) is 118 cm³/mol. The van der Waals surface area contributed by atoms with Crippen LogP contribution < -0.4 is 10.6 Å². The number of piperidine rings is 1. The Morgan fingerprint density at radius 1 is 1.18 bits per heavy atom. The van der Waals surface area contributed by atoms with Crippen molar-refractivity contribution in [1.82, 2.24) is 10.2 Å². The van der Waals surface area contributed by atoms with Crippen LogP contribution in [0.25, 0.3) is 0 Å². The van der Waals surface area contributed by atoms with E-state index in [1.165, 1.54) is 4.90 Å². The topological polar surface area (TPSA) is 125 Å². The fourth-order valence-corrected chi connectivity index (χ4v) is 3.96. The van der Waals surface area contributed by atoms with Gasteiger partial charge in [0.25, 0.3) is 5.91 Å². The number of nitrogens with zero attached hydrogens (tertiary/aromatic N) is 1. The zero-order valence-electron chi connectivity index (χ0n) is 18.4. The van der Waals surface area contributed by atoms with E-state index in [0.29, 0.717) is 29.8 Å². The summed E-state index contributed by atoms with van der Waals surface area (Å²) in [5.41, 5.74) is 2.15. The first kappa shape index (κ1) is 22.5. The summed E-state index contributed by atoms with van der Waals surface area (Å²) in [6.07, 6.45) is -0.147. The lowest BCUT2D eigenvalue weighted by Crippen LogP contribution is -2.52. The van der Waals surface area contributed by atoms with Crippen molar-refractivity contribution in [2.75, 3.05) is 5.32 Å². The van der Waals surface area contributed by atoms with Crippen molar-refractivity contribution >= 4 is 29.5 Å². The molecule has 1 atom stereocenters. The Balaban J connectivity index is 1.35. The van der Waals surface area contributed by atoms with Gasteiger partial charge in [0.2, 0.25) is 11.8 Å². The van der Waals surface area contributed by atoms with Gasteiger partial charge in [-0.2, -0.15) is 0 Å². The van der Waals surface area contributed by atoms with Crippen LogP contribution >= 0.6 is 0 Å². The zero-order chi connectivity index (χ0) is 23.8. The summed E-state index contributed by atoms with van der Waals surface area (Å²) in [6.45, 7) is 3.61. The largest absolute Gasteiger partial charge is 0.444 e. The van der Waals surface area contributed by atoms with Gasteiger partial charge in [0.05, 0.1) is 5.60 Å². The van der Waals surface area contributed by atoms with Gasteiger partial charge < -0.3 is 14.7 Å². The van der Waals surface area contributed by atoms with Crippen LogP contribution in [0.4, 0.5) is 10.5 Å². The molecule has 1 unspecified atom stereocenters. The van der Waals surface area contributed by atoms with Crippen LogP contribution in [0.1, 0.15) is 53.7 Å². The quantitative estimate of drug-likeness (QED) is 0.600. The van der Waals surface area contributed by atoms with Gasteiger partial charge in [-0.15, -0.1) is 0 Å². The maximum absolute atomic E-state index is 12.9. The van der Waals surface area contributed by atoms with E-state index in [1.807, 2.05) is 0 Å². The van der Waals surface area contributed by atoms with E-state index in [4.69, 9.17) is 4.74 Å². The van der Waals surface area contributed by atoms with E-state index >= 15 is 0 Å². The first-order valence-electron chi connectivity index (χ1n) is 10.6. The van der Waals surface area contributed by atoms with Gasteiger partial charge >= 0.3 is 6.09 Å². The molecule has 3 N–H and O–H groups in total. The standard InChI is InChI=1S/C24H25N3O6/c1-24(2,32)16-5-7-17(8-6-16)25-23(31)33-13-14-3-4-15-12-27(22(30)18(15)11-14)19-9-10-20(28)26-21(19)29/h3-8,11,19,32H,9-10,12-13H2,1-2H3,(H,25,31)(H,26,28,29). The summed E-state index contributed by atoms with van der Waals surface area (Å²) in [4.78, 5) is 50.0. The van der Waals surface area contributed by atoms with Crippen LogP contribution in [-0.4, -0.2) is 39.9 Å². The summed E-state index contributed by atoms with van der Waals surface area (Å²) in [5, 5.41) is 14.9. The molecule has 4 rings (SSSR count). The number of imide groups is 1. The van der Waals surface area contributed by atoms with Gasteiger partial charge in [-0.25, -0.2) is 4.79 Å². The molecular weight excluding hydrogens is 426 g/mol. The first-order valence-corrected chi connectivity index (χ1v) is 10.6. The van der Waals surface area contributed by atoms with Crippen molar-refractivity contribution in [3.8, 4) is 0 Å². The van der Waals surface area contributed by atoms with E-state index in [2.05, 4.69) is 10.6 Å². The maximum atomic E-state index is 12.9. The molecule has 0 spiro atoms. The van der Waals surface area contributed by atoms with Crippen LogP contribution in [0.3, 0.4) is 0 Å². The van der Waals surface area contributed by atoms with E-state index < -0.39 is 23.6 Å². The molecule has 4 amide bonds. The summed E-state index contributed by atoms with van der Waals surface area (Å²) in [6, 6.07) is 11.3. The minimum atomic E-state index is -0.974. The zero-order valence-corrected chi connectivity index (χ0v) is 18.4. The molecule has 0 saturated carbocycles. The highest BCUT2D eigenvalue weighted by molar-refractivity contribution is 6.05. The lowest BCUT2D eigenvalue weighted by Gasteiger charge is -2.29. The molecule has 9 nitrogen and oxygen atoms in total. The molecule has 1 fully saturated rings. The molecule has 2 aromatic carbocycles.